The first kappa shape index (κ1) is 34.9. The lowest BCUT2D eigenvalue weighted by molar-refractivity contribution is 0.101. The topological polar surface area (TPSA) is 29.1 Å². The number of carbonyl (C=O) groups excluding carboxylic acids is 1. The van der Waals surface area contributed by atoms with E-state index in [1.54, 1.807) is 6.92 Å². The van der Waals surface area contributed by atoms with E-state index in [4.69, 9.17) is 0 Å². The molecule has 0 heterocycles. The average molecular weight is 542 g/mol. The first-order chi connectivity index (χ1) is 19.0. The molecule has 0 amide bonds. The summed E-state index contributed by atoms with van der Waals surface area (Å²) in [5.41, 5.74) is 8.95. The third-order valence-corrected chi connectivity index (χ3v) is 7.43. The van der Waals surface area contributed by atoms with Crippen molar-refractivity contribution in [3.8, 4) is 0 Å². The minimum atomic E-state index is 0. The highest BCUT2D eigenvalue weighted by atomic mass is 16.1. The van der Waals surface area contributed by atoms with Crippen molar-refractivity contribution in [2.24, 2.45) is 5.92 Å². The van der Waals surface area contributed by atoms with Crippen molar-refractivity contribution in [3.63, 3.8) is 0 Å². The van der Waals surface area contributed by atoms with Gasteiger partial charge in [-0.25, -0.2) is 0 Å². The number of nitrogens with one attached hydrogen (secondary N) is 1. The second kappa shape index (κ2) is 18.3. The summed E-state index contributed by atoms with van der Waals surface area (Å²) in [6, 6.07) is 14.7. The van der Waals surface area contributed by atoms with Gasteiger partial charge in [0.15, 0.2) is 5.78 Å². The molecule has 0 radical (unpaired) electrons. The number of anilines is 1. The van der Waals surface area contributed by atoms with Crippen LogP contribution in [0.25, 0.3) is 5.57 Å². The number of ketones is 1. The summed E-state index contributed by atoms with van der Waals surface area (Å²) in [5.74, 6) is 0.816. The van der Waals surface area contributed by atoms with Gasteiger partial charge in [-0.15, -0.1) is 0 Å². The molecule has 1 atom stereocenters. The summed E-state index contributed by atoms with van der Waals surface area (Å²) in [6.07, 6.45) is 17.9. The van der Waals surface area contributed by atoms with Crippen LogP contribution in [0.4, 0.5) is 5.69 Å². The van der Waals surface area contributed by atoms with E-state index in [1.807, 2.05) is 52.0 Å². The number of para-hydroxylation sites is 1. The molecule has 1 unspecified atom stereocenters. The lowest BCUT2D eigenvalue weighted by atomic mass is 9.83. The molecule has 40 heavy (non-hydrogen) atoms. The van der Waals surface area contributed by atoms with Gasteiger partial charge in [-0.2, -0.15) is 0 Å². The highest BCUT2D eigenvalue weighted by Crippen LogP contribution is 2.37. The summed E-state index contributed by atoms with van der Waals surface area (Å²) in [5, 5.41) is 3.59. The van der Waals surface area contributed by atoms with Crippen molar-refractivity contribution in [2.75, 3.05) is 5.32 Å². The van der Waals surface area contributed by atoms with Gasteiger partial charge in [-0.05, 0) is 85.1 Å². The SMILES string of the molecule is C.C=C1C=C(c2ccc(C3CCCCCC3)c(C)c2)C=C(Nc2ccccc2C(C)=O)C1/C=C\CC.CC.CC. The molecule has 1 saturated carbocycles. The zero-order valence-electron chi connectivity index (χ0n) is 25.6. The predicted octanol–water partition coefficient (Wildman–Crippen LogP) is 11.9. The lowest BCUT2D eigenvalue weighted by Crippen LogP contribution is -2.16. The van der Waals surface area contributed by atoms with E-state index in [-0.39, 0.29) is 19.1 Å². The maximum Gasteiger partial charge on any atom is 0.161 e. The fourth-order valence-electron chi connectivity index (χ4n) is 5.53. The van der Waals surface area contributed by atoms with E-state index >= 15 is 0 Å². The van der Waals surface area contributed by atoms with Gasteiger partial charge in [0.05, 0.1) is 0 Å². The molecular formula is C38H55NO. The van der Waals surface area contributed by atoms with Crippen LogP contribution < -0.4 is 5.32 Å². The van der Waals surface area contributed by atoms with E-state index in [0.717, 1.165) is 29.0 Å². The summed E-state index contributed by atoms with van der Waals surface area (Å²) in [7, 11) is 0. The molecule has 2 aliphatic carbocycles. The number of aryl methyl sites for hydroxylation is 1. The van der Waals surface area contributed by atoms with Crippen LogP contribution in [0, 0.1) is 12.8 Å². The minimum Gasteiger partial charge on any atom is -0.358 e. The van der Waals surface area contributed by atoms with Crippen molar-refractivity contribution < 1.29 is 4.79 Å². The van der Waals surface area contributed by atoms with Gasteiger partial charge < -0.3 is 5.32 Å². The standard InChI is InChI=1S/C33H39NO.2C2H6.CH4/c1-5-6-15-30-24(3)21-28(22-33(30)34-32-17-12-11-16-31(32)25(4)35)27-18-19-29(23(2)20-27)26-13-9-7-8-10-14-26;2*1-2;/h6,11-12,15-22,26,30,34H,3,5,7-10,13-14H2,1-2,4H3;2*1-2H3;1H4/b15-6-;;;. The number of Topliss-reactive ketones (excluding diaryl/α,β-unsaturated/α-hetero) is 1. The molecule has 2 aromatic carbocycles. The molecule has 1 N–H and O–H groups in total. The second-order valence-corrected chi connectivity index (χ2v) is 10.1. The Morgan fingerprint density at radius 1 is 0.975 bits per heavy atom. The number of allylic oxidation sites excluding steroid dienone is 5. The molecular weight excluding hydrogens is 486 g/mol. The Bertz CT molecular complexity index is 1170. The largest absolute Gasteiger partial charge is 0.358 e. The molecule has 2 aromatic rings. The molecule has 0 spiro atoms. The maximum atomic E-state index is 12.2. The number of rotatable bonds is 7. The van der Waals surface area contributed by atoms with E-state index in [2.05, 4.69) is 68.2 Å². The van der Waals surface area contributed by atoms with Crippen LogP contribution in [0.15, 0.2) is 84.6 Å². The monoisotopic (exact) mass is 541 g/mol. The van der Waals surface area contributed by atoms with Gasteiger partial charge in [0, 0.05) is 22.9 Å². The quantitative estimate of drug-likeness (QED) is 0.214. The van der Waals surface area contributed by atoms with Gasteiger partial charge in [0.2, 0.25) is 0 Å². The molecule has 4 rings (SSSR count). The van der Waals surface area contributed by atoms with Crippen LogP contribution >= 0.6 is 0 Å². The lowest BCUT2D eigenvalue weighted by Gasteiger charge is -2.26. The number of hydrogen-bond donors (Lipinski definition) is 1. The Hall–Kier alpha value is -3.13. The Morgan fingerprint density at radius 3 is 2.23 bits per heavy atom. The third kappa shape index (κ3) is 9.22. The normalized spacial score (nSPS) is 17.2. The molecule has 218 valence electrons. The van der Waals surface area contributed by atoms with Crippen LogP contribution in [-0.4, -0.2) is 5.78 Å². The fourth-order valence-corrected chi connectivity index (χ4v) is 5.53. The van der Waals surface area contributed by atoms with Crippen LogP contribution in [-0.2, 0) is 0 Å². The highest BCUT2D eigenvalue weighted by molar-refractivity contribution is 6.00. The average Bonchev–Trinajstić information content (AvgIpc) is 3.24. The molecule has 0 saturated heterocycles. The van der Waals surface area contributed by atoms with E-state index in [1.165, 1.54) is 55.2 Å². The van der Waals surface area contributed by atoms with Gasteiger partial charge >= 0.3 is 0 Å². The summed E-state index contributed by atoms with van der Waals surface area (Å²) >= 11 is 0. The smallest absolute Gasteiger partial charge is 0.161 e. The molecule has 2 heteroatoms. The highest BCUT2D eigenvalue weighted by Gasteiger charge is 2.22. The first-order valence-electron chi connectivity index (χ1n) is 15.2. The molecule has 0 aliphatic heterocycles. The maximum absolute atomic E-state index is 12.2. The van der Waals surface area contributed by atoms with E-state index in [0.29, 0.717) is 11.5 Å². The number of hydrogen-bond acceptors (Lipinski definition) is 2. The number of benzene rings is 2. The van der Waals surface area contributed by atoms with Gasteiger partial charge in [-0.1, -0.05) is 123 Å². The second-order valence-electron chi connectivity index (χ2n) is 10.1. The third-order valence-electron chi connectivity index (χ3n) is 7.43. The van der Waals surface area contributed by atoms with Crippen molar-refractivity contribution in [1.82, 2.24) is 0 Å². The van der Waals surface area contributed by atoms with Crippen LogP contribution in [0.3, 0.4) is 0 Å². The van der Waals surface area contributed by atoms with Crippen molar-refractivity contribution in [1.29, 1.82) is 0 Å². The van der Waals surface area contributed by atoms with Crippen LogP contribution in [0.2, 0.25) is 0 Å². The summed E-state index contributed by atoms with van der Waals surface area (Å²) in [6.45, 7) is 18.4. The molecule has 0 aromatic heterocycles. The molecule has 2 aliphatic rings. The summed E-state index contributed by atoms with van der Waals surface area (Å²) in [4.78, 5) is 12.2. The zero-order valence-corrected chi connectivity index (χ0v) is 25.6. The summed E-state index contributed by atoms with van der Waals surface area (Å²) < 4.78 is 0. The first-order valence-corrected chi connectivity index (χ1v) is 15.2. The molecule has 2 nitrogen and oxygen atoms in total. The molecule has 0 bridgehead atoms. The zero-order chi connectivity index (χ0) is 28.8. The van der Waals surface area contributed by atoms with Gasteiger partial charge in [0.25, 0.3) is 0 Å². The van der Waals surface area contributed by atoms with Crippen molar-refractivity contribution >= 4 is 17.0 Å². The Kier molecular flexibility index (Phi) is 15.9. The minimum absolute atomic E-state index is 0. The Morgan fingerprint density at radius 2 is 1.62 bits per heavy atom. The van der Waals surface area contributed by atoms with Crippen LogP contribution in [0.5, 0.6) is 0 Å². The van der Waals surface area contributed by atoms with Gasteiger partial charge in [0.1, 0.15) is 0 Å². The Balaban J connectivity index is 0.00000153. The van der Waals surface area contributed by atoms with Crippen molar-refractivity contribution in [2.45, 2.75) is 107 Å². The van der Waals surface area contributed by atoms with E-state index in [9.17, 15) is 4.79 Å². The van der Waals surface area contributed by atoms with Crippen LogP contribution in [0.1, 0.15) is 127 Å². The van der Waals surface area contributed by atoms with Gasteiger partial charge in [-0.3, -0.25) is 4.79 Å². The van der Waals surface area contributed by atoms with Crippen molar-refractivity contribution in [3.05, 3.63) is 107 Å². The predicted molar refractivity (Wildman–Crippen MR) is 179 cm³/mol. The van der Waals surface area contributed by atoms with E-state index < -0.39 is 0 Å². The number of carbonyl (C=O) groups is 1. The Labute approximate surface area is 246 Å². The fraction of sp³-hybridized carbons (Fsp3) is 0.447. The molecule has 1 fully saturated rings.